The summed E-state index contributed by atoms with van der Waals surface area (Å²) in [5, 5.41) is 10.6. The van der Waals surface area contributed by atoms with Gasteiger partial charge >= 0.3 is 0 Å². The molecule has 0 fully saturated rings. The molecular formula is C16H18N2O2. The summed E-state index contributed by atoms with van der Waals surface area (Å²) in [6.45, 7) is 2.06. The third kappa shape index (κ3) is 3.90. The maximum atomic E-state index is 10.6. The Hall–Kier alpha value is -2.20. The van der Waals surface area contributed by atoms with Gasteiger partial charge in [-0.25, -0.2) is 0 Å². The Kier molecular flexibility index (Phi) is 4.48. The number of aryl methyl sites for hydroxylation is 1. The van der Waals surface area contributed by atoms with E-state index < -0.39 is 4.92 Å². The molecule has 0 amide bonds. The third-order valence-corrected chi connectivity index (χ3v) is 3.26. The molecule has 0 aromatic heterocycles. The van der Waals surface area contributed by atoms with Crippen LogP contribution in [-0.4, -0.2) is 11.0 Å². The van der Waals surface area contributed by atoms with Crippen molar-refractivity contribution in [3.63, 3.8) is 0 Å². The largest absolute Gasteiger partial charge is 0.327 e. The van der Waals surface area contributed by atoms with E-state index in [0.29, 0.717) is 6.42 Å². The lowest BCUT2D eigenvalue weighted by molar-refractivity contribution is -0.384. The highest BCUT2D eigenvalue weighted by atomic mass is 16.6. The molecule has 0 saturated carbocycles. The Morgan fingerprint density at radius 2 is 1.45 bits per heavy atom. The molecule has 4 nitrogen and oxygen atoms in total. The van der Waals surface area contributed by atoms with Crippen LogP contribution in [0.25, 0.3) is 0 Å². The van der Waals surface area contributed by atoms with Gasteiger partial charge in [-0.2, -0.15) is 0 Å². The lowest BCUT2D eigenvalue weighted by Crippen LogP contribution is -2.25. The number of non-ortho nitro benzene ring substituents is 1. The van der Waals surface area contributed by atoms with Crippen molar-refractivity contribution in [2.24, 2.45) is 5.73 Å². The highest BCUT2D eigenvalue weighted by Gasteiger charge is 2.08. The fraction of sp³-hybridized carbons (Fsp3) is 0.250. The lowest BCUT2D eigenvalue weighted by atomic mass is 9.99. The second-order valence-electron chi connectivity index (χ2n) is 5.08. The van der Waals surface area contributed by atoms with Crippen LogP contribution in [0.4, 0.5) is 5.69 Å². The molecule has 20 heavy (non-hydrogen) atoms. The first-order valence-electron chi connectivity index (χ1n) is 6.59. The zero-order chi connectivity index (χ0) is 14.5. The van der Waals surface area contributed by atoms with Crippen LogP contribution in [0.15, 0.2) is 48.5 Å². The highest BCUT2D eigenvalue weighted by molar-refractivity contribution is 5.33. The molecule has 0 aliphatic carbocycles. The molecule has 2 aromatic rings. The zero-order valence-electron chi connectivity index (χ0n) is 11.5. The predicted molar refractivity (Wildman–Crippen MR) is 79.7 cm³/mol. The van der Waals surface area contributed by atoms with Crippen LogP contribution in [-0.2, 0) is 12.8 Å². The average molecular weight is 270 g/mol. The third-order valence-electron chi connectivity index (χ3n) is 3.26. The molecule has 104 valence electrons. The van der Waals surface area contributed by atoms with E-state index in [1.807, 2.05) is 0 Å². The summed E-state index contributed by atoms with van der Waals surface area (Å²) >= 11 is 0. The Labute approximate surface area is 118 Å². The predicted octanol–water partition coefficient (Wildman–Crippen LogP) is 3.02. The van der Waals surface area contributed by atoms with Gasteiger partial charge in [0.25, 0.3) is 5.69 Å². The maximum absolute atomic E-state index is 10.6. The fourth-order valence-electron chi connectivity index (χ4n) is 2.16. The van der Waals surface area contributed by atoms with Gasteiger partial charge in [0.2, 0.25) is 0 Å². The molecule has 0 radical (unpaired) electrons. The van der Waals surface area contributed by atoms with Crippen molar-refractivity contribution in [3.8, 4) is 0 Å². The van der Waals surface area contributed by atoms with Gasteiger partial charge in [-0.3, -0.25) is 10.1 Å². The topological polar surface area (TPSA) is 69.2 Å². The normalized spacial score (nSPS) is 12.1. The van der Waals surface area contributed by atoms with Gasteiger partial charge < -0.3 is 5.73 Å². The highest BCUT2D eigenvalue weighted by Crippen LogP contribution is 2.14. The molecule has 0 aliphatic rings. The molecule has 4 heteroatoms. The van der Waals surface area contributed by atoms with Crippen LogP contribution in [0.5, 0.6) is 0 Å². The quantitative estimate of drug-likeness (QED) is 0.670. The minimum Gasteiger partial charge on any atom is -0.327 e. The number of hydrogen-bond acceptors (Lipinski definition) is 3. The second kappa shape index (κ2) is 6.30. The SMILES string of the molecule is Cc1ccc(CC(N)Cc2ccc([N+](=O)[O-])cc2)cc1. The van der Waals surface area contributed by atoms with E-state index in [9.17, 15) is 10.1 Å². The van der Waals surface area contributed by atoms with Crippen LogP contribution in [0.1, 0.15) is 16.7 Å². The lowest BCUT2D eigenvalue weighted by Gasteiger charge is -2.12. The number of nitro groups is 1. The summed E-state index contributed by atoms with van der Waals surface area (Å²) < 4.78 is 0. The standard InChI is InChI=1S/C16H18N2O2/c1-12-2-4-13(5-3-12)10-15(17)11-14-6-8-16(9-7-14)18(19)20/h2-9,15H,10-11,17H2,1H3. The first kappa shape index (κ1) is 14.2. The summed E-state index contributed by atoms with van der Waals surface area (Å²) in [6, 6.07) is 14.9. The first-order valence-corrected chi connectivity index (χ1v) is 6.59. The minimum atomic E-state index is -0.393. The van der Waals surface area contributed by atoms with E-state index in [1.54, 1.807) is 12.1 Å². The van der Waals surface area contributed by atoms with Crippen LogP contribution >= 0.6 is 0 Å². The van der Waals surface area contributed by atoms with Gasteiger partial charge in [-0.15, -0.1) is 0 Å². The maximum Gasteiger partial charge on any atom is 0.269 e. The molecule has 1 atom stereocenters. The van der Waals surface area contributed by atoms with Crippen molar-refractivity contribution >= 4 is 5.69 Å². The Morgan fingerprint density at radius 3 is 1.90 bits per heavy atom. The fourth-order valence-corrected chi connectivity index (χ4v) is 2.16. The van der Waals surface area contributed by atoms with Crippen molar-refractivity contribution in [1.29, 1.82) is 0 Å². The molecule has 1 unspecified atom stereocenters. The summed E-state index contributed by atoms with van der Waals surface area (Å²) in [5.74, 6) is 0. The average Bonchev–Trinajstić information content (AvgIpc) is 2.42. The molecule has 2 aromatic carbocycles. The van der Waals surface area contributed by atoms with Crippen molar-refractivity contribution in [2.45, 2.75) is 25.8 Å². The van der Waals surface area contributed by atoms with Gasteiger partial charge in [0.05, 0.1) is 4.92 Å². The summed E-state index contributed by atoms with van der Waals surface area (Å²) in [5.41, 5.74) is 9.72. The van der Waals surface area contributed by atoms with E-state index in [2.05, 4.69) is 31.2 Å². The van der Waals surface area contributed by atoms with Crippen LogP contribution in [0.3, 0.4) is 0 Å². The molecular weight excluding hydrogens is 252 g/mol. The van der Waals surface area contributed by atoms with Crippen LogP contribution in [0.2, 0.25) is 0 Å². The van der Waals surface area contributed by atoms with Gasteiger partial charge in [0.15, 0.2) is 0 Å². The summed E-state index contributed by atoms with van der Waals surface area (Å²) in [6.07, 6.45) is 1.52. The van der Waals surface area contributed by atoms with Crippen molar-refractivity contribution in [1.82, 2.24) is 0 Å². The van der Waals surface area contributed by atoms with Crippen LogP contribution in [0, 0.1) is 17.0 Å². The number of rotatable bonds is 5. The van der Waals surface area contributed by atoms with Gasteiger partial charge in [0, 0.05) is 18.2 Å². The molecule has 0 saturated heterocycles. The molecule has 0 spiro atoms. The van der Waals surface area contributed by atoms with E-state index >= 15 is 0 Å². The van der Waals surface area contributed by atoms with Crippen molar-refractivity contribution in [3.05, 3.63) is 75.3 Å². The van der Waals surface area contributed by atoms with Gasteiger partial charge in [-0.05, 0) is 30.9 Å². The summed E-state index contributed by atoms with van der Waals surface area (Å²) in [7, 11) is 0. The molecule has 0 heterocycles. The summed E-state index contributed by atoms with van der Waals surface area (Å²) in [4.78, 5) is 10.2. The number of nitrogens with zero attached hydrogens (tertiary/aromatic N) is 1. The Balaban J connectivity index is 1.95. The van der Waals surface area contributed by atoms with E-state index in [4.69, 9.17) is 5.73 Å². The van der Waals surface area contributed by atoms with E-state index in [1.165, 1.54) is 23.3 Å². The van der Waals surface area contributed by atoms with E-state index in [0.717, 1.165) is 12.0 Å². The molecule has 2 N–H and O–H groups in total. The van der Waals surface area contributed by atoms with Crippen LogP contribution < -0.4 is 5.73 Å². The molecule has 0 bridgehead atoms. The number of nitro benzene ring substituents is 1. The zero-order valence-corrected chi connectivity index (χ0v) is 11.5. The molecule has 0 aliphatic heterocycles. The van der Waals surface area contributed by atoms with E-state index in [-0.39, 0.29) is 11.7 Å². The number of benzene rings is 2. The first-order chi connectivity index (χ1) is 9.54. The van der Waals surface area contributed by atoms with Crippen molar-refractivity contribution in [2.75, 3.05) is 0 Å². The Morgan fingerprint density at radius 1 is 1.00 bits per heavy atom. The minimum absolute atomic E-state index is 0.0131. The molecule has 2 rings (SSSR count). The number of nitrogens with two attached hydrogens (primary N) is 1. The number of hydrogen-bond donors (Lipinski definition) is 1. The second-order valence-corrected chi connectivity index (χ2v) is 5.08. The van der Waals surface area contributed by atoms with Gasteiger partial charge in [0.1, 0.15) is 0 Å². The van der Waals surface area contributed by atoms with Crippen molar-refractivity contribution < 1.29 is 4.92 Å². The van der Waals surface area contributed by atoms with Gasteiger partial charge in [-0.1, -0.05) is 42.0 Å². The monoisotopic (exact) mass is 270 g/mol. The Bertz CT molecular complexity index is 576. The smallest absolute Gasteiger partial charge is 0.269 e.